The maximum atomic E-state index is 14.0. The fourth-order valence-electron chi connectivity index (χ4n) is 1.73. The minimum absolute atomic E-state index is 0.102. The molecule has 0 aliphatic rings. The van der Waals surface area contributed by atoms with Crippen molar-refractivity contribution in [2.45, 2.75) is 31.3 Å². The number of ether oxygens (including phenoxy) is 1. The molecule has 1 heterocycles. The average molecular weight is 394 g/mol. The van der Waals surface area contributed by atoms with E-state index in [1.807, 2.05) is 0 Å². The summed E-state index contributed by atoms with van der Waals surface area (Å²) in [4.78, 5) is 11.1. The van der Waals surface area contributed by atoms with E-state index in [2.05, 4.69) is 4.37 Å². The lowest BCUT2D eigenvalue weighted by molar-refractivity contribution is 0.0608. The van der Waals surface area contributed by atoms with Crippen LogP contribution in [0, 0.1) is 17.5 Å². The number of carbonyl (C=O) groups is 1. The standard InChI is InChI=1S/C14H13F3N2O4S2/c1-14(2,3)23-13(20)19(10-6-7-24-18-10)25(21,22)9-5-4-8(15)11(16)12(9)17/h4-7H,1-3H3. The Bertz CT molecular complexity index is 894. The third-order valence-electron chi connectivity index (χ3n) is 2.71. The van der Waals surface area contributed by atoms with Gasteiger partial charge in [-0.3, -0.25) is 0 Å². The molecule has 0 saturated carbocycles. The Labute approximate surface area is 146 Å². The van der Waals surface area contributed by atoms with E-state index in [0.29, 0.717) is 12.1 Å². The van der Waals surface area contributed by atoms with Crippen LogP contribution >= 0.6 is 11.5 Å². The predicted octanol–water partition coefficient (Wildman–Crippen LogP) is 3.69. The smallest absolute Gasteiger partial charge is 0.430 e. The summed E-state index contributed by atoms with van der Waals surface area (Å²) in [5.41, 5.74) is -1.06. The molecule has 0 atom stereocenters. The van der Waals surface area contributed by atoms with Crippen molar-refractivity contribution in [3.63, 3.8) is 0 Å². The van der Waals surface area contributed by atoms with Gasteiger partial charge in [-0.15, -0.1) is 4.31 Å². The number of carbonyl (C=O) groups excluding carboxylic acids is 1. The van der Waals surface area contributed by atoms with Crippen molar-refractivity contribution in [1.29, 1.82) is 0 Å². The summed E-state index contributed by atoms with van der Waals surface area (Å²) in [5, 5.41) is 1.38. The van der Waals surface area contributed by atoms with E-state index in [4.69, 9.17) is 4.74 Å². The molecule has 1 aromatic carbocycles. The van der Waals surface area contributed by atoms with E-state index in [1.54, 1.807) is 0 Å². The van der Waals surface area contributed by atoms with Gasteiger partial charge in [0, 0.05) is 5.38 Å². The molecule has 0 radical (unpaired) electrons. The van der Waals surface area contributed by atoms with Crippen molar-refractivity contribution in [1.82, 2.24) is 4.37 Å². The van der Waals surface area contributed by atoms with Gasteiger partial charge in [-0.25, -0.2) is 26.4 Å². The third-order valence-corrected chi connectivity index (χ3v) is 4.95. The number of sulfonamides is 1. The summed E-state index contributed by atoms with van der Waals surface area (Å²) in [6.07, 6.45) is -1.36. The van der Waals surface area contributed by atoms with Crippen LogP contribution in [0.2, 0.25) is 0 Å². The normalized spacial score (nSPS) is 12.1. The lowest BCUT2D eigenvalue weighted by Crippen LogP contribution is -2.41. The maximum absolute atomic E-state index is 14.0. The minimum Gasteiger partial charge on any atom is -0.443 e. The highest BCUT2D eigenvalue weighted by Crippen LogP contribution is 2.28. The molecule has 1 aromatic heterocycles. The van der Waals surface area contributed by atoms with E-state index in [9.17, 15) is 26.4 Å². The zero-order valence-corrected chi connectivity index (χ0v) is 14.9. The monoisotopic (exact) mass is 394 g/mol. The molecular formula is C14H13F3N2O4S2. The molecule has 0 spiro atoms. The zero-order valence-electron chi connectivity index (χ0n) is 13.3. The average Bonchev–Trinajstić information content (AvgIpc) is 2.96. The van der Waals surface area contributed by atoms with Gasteiger partial charge in [0.05, 0.1) is 0 Å². The second-order valence-corrected chi connectivity index (χ2v) is 8.20. The van der Waals surface area contributed by atoms with Crippen molar-refractivity contribution < 1.29 is 31.1 Å². The lowest BCUT2D eigenvalue weighted by Gasteiger charge is -2.25. The predicted molar refractivity (Wildman–Crippen MR) is 84.3 cm³/mol. The molecule has 11 heteroatoms. The van der Waals surface area contributed by atoms with E-state index < -0.39 is 44.1 Å². The largest absolute Gasteiger partial charge is 0.443 e. The summed E-state index contributed by atoms with van der Waals surface area (Å²) in [6.45, 7) is 4.48. The molecule has 1 amide bonds. The molecular weight excluding hydrogens is 381 g/mol. The lowest BCUT2D eigenvalue weighted by atomic mass is 10.2. The Morgan fingerprint density at radius 3 is 2.32 bits per heavy atom. The maximum Gasteiger partial charge on any atom is 0.430 e. The van der Waals surface area contributed by atoms with Crippen molar-refractivity contribution >= 4 is 33.5 Å². The summed E-state index contributed by atoms with van der Waals surface area (Å²) in [5.74, 6) is -5.83. The second-order valence-electron chi connectivity index (χ2n) is 5.78. The van der Waals surface area contributed by atoms with Gasteiger partial charge in [0.25, 0.3) is 10.0 Å². The SMILES string of the molecule is CC(C)(C)OC(=O)N(c1ccsn1)S(=O)(=O)c1ccc(F)c(F)c1F. The van der Waals surface area contributed by atoms with Gasteiger partial charge in [-0.05, 0) is 50.5 Å². The summed E-state index contributed by atoms with van der Waals surface area (Å²) in [7, 11) is -4.94. The summed E-state index contributed by atoms with van der Waals surface area (Å²) in [6, 6.07) is 2.15. The van der Waals surface area contributed by atoms with Crippen LogP contribution in [-0.2, 0) is 14.8 Å². The van der Waals surface area contributed by atoms with Gasteiger partial charge in [0.1, 0.15) is 10.5 Å². The van der Waals surface area contributed by atoms with Crippen LogP contribution in [0.15, 0.2) is 28.5 Å². The Hall–Kier alpha value is -2.14. The molecule has 0 N–H and O–H groups in total. The number of nitrogens with zero attached hydrogens (tertiary/aromatic N) is 2. The van der Waals surface area contributed by atoms with E-state index in [1.165, 1.54) is 32.2 Å². The highest BCUT2D eigenvalue weighted by molar-refractivity contribution is 7.93. The van der Waals surface area contributed by atoms with E-state index >= 15 is 0 Å². The number of anilines is 1. The Balaban J connectivity index is 2.61. The number of hydrogen-bond donors (Lipinski definition) is 0. The minimum atomic E-state index is -4.94. The van der Waals surface area contributed by atoms with E-state index in [-0.39, 0.29) is 10.1 Å². The fraction of sp³-hybridized carbons (Fsp3) is 0.286. The van der Waals surface area contributed by atoms with Gasteiger partial charge in [0.2, 0.25) is 0 Å². The number of benzene rings is 1. The number of halogens is 3. The molecule has 0 aliphatic carbocycles. The Kier molecular flexibility index (Phi) is 5.09. The van der Waals surface area contributed by atoms with Gasteiger partial charge in [-0.1, -0.05) is 0 Å². The number of aromatic nitrogens is 1. The molecule has 2 aromatic rings. The van der Waals surface area contributed by atoms with Crippen LogP contribution in [0.4, 0.5) is 23.8 Å². The summed E-state index contributed by atoms with van der Waals surface area (Å²) >= 11 is 0.833. The summed E-state index contributed by atoms with van der Waals surface area (Å²) < 4.78 is 74.7. The van der Waals surface area contributed by atoms with Gasteiger partial charge < -0.3 is 4.74 Å². The first-order valence-electron chi connectivity index (χ1n) is 6.77. The number of hydrogen-bond acceptors (Lipinski definition) is 6. The fourth-order valence-corrected chi connectivity index (χ4v) is 3.61. The third kappa shape index (κ3) is 3.93. The highest BCUT2D eigenvalue weighted by atomic mass is 32.2. The first kappa shape index (κ1) is 19.2. The quantitative estimate of drug-likeness (QED) is 0.742. The van der Waals surface area contributed by atoms with Crippen molar-refractivity contribution in [3.8, 4) is 0 Å². The first-order valence-corrected chi connectivity index (χ1v) is 9.05. The van der Waals surface area contributed by atoms with Crippen LogP contribution in [0.3, 0.4) is 0 Å². The Morgan fingerprint density at radius 2 is 1.80 bits per heavy atom. The molecule has 0 fully saturated rings. The Morgan fingerprint density at radius 1 is 1.16 bits per heavy atom. The highest BCUT2D eigenvalue weighted by Gasteiger charge is 2.38. The number of amides is 1. The van der Waals surface area contributed by atoms with Crippen molar-refractivity contribution in [3.05, 3.63) is 41.0 Å². The second kappa shape index (κ2) is 6.64. The van der Waals surface area contributed by atoms with Gasteiger partial charge in [-0.2, -0.15) is 4.37 Å². The van der Waals surface area contributed by atoms with Gasteiger partial charge >= 0.3 is 6.09 Å². The van der Waals surface area contributed by atoms with E-state index in [0.717, 1.165) is 11.5 Å². The van der Waals surface area contributed by atoms with Gasteiger partial charge in [0.15, 0.2) is 23.3 Å². The van der Waals surface area contributed by atoms with Crippen LogP contribution in [-0.4, -0.2) is 24.5 Å². The molecule has 136 valence electrons. The molecule has 0 bridgehead atoms. The van der Waals surface area contributed by atoms with Crippen LogP contribution in [0.5, 0.6) is 0 Å². The van der Waals surface area contributed by atoms with Crippen molar-refractivity contribution in [2.24, 2.45) is 0 Å². The molecule has 0 aliphatic heterocycles. The van der Waals surface area contributed by atoms with Crippen LogP contribution < -0.4 is 4.31 Å². The number of rotatable bonds is 3. The van der Waals surface area contributed by atoms with Crippen molar-refractivity contribution in [2.75, 3.05) is 4.31 Å². The molecule has 6 nitrogen and oxygen atoms in total. The van der Waals surface area contributed by atoms with Crippen LogP contribution in [0.1, 0.15) is 20.8 Å². The molecule has 25 heavy (non-hydrogen) atoms. The first-order chi connectivity index (χ1) is 11.4. The van der Waals surface area contributed by atoms with Crippen LogP contribution in [0.25, 0.3) is 0 Å². The molecule has 2 rings (SSSR count). The topological polar surface area (TPSA) is 76.6 Å². The molecule has 0 saturated heterocycles. The zero-order chi connectivity index (χ0) is 19.0. The molecule has 0 unspecified atom stereocenters.